The normalized spacial score (nSPS) is 16.0. The van der Waals surface area contributed by atoms with Crippen LogP contribution in [-0.2, 0) is 22.3 Å². The molecule has 0 bridgehead atoms. The van der Waals surface area contributed by atoms with Crippen molar-refractivity contribution in [1.29, 1.82) is 0 Å². The van der Waals surface area contributed by atoms with E-state index in [1.165, 1.54) is 0 Å². The summed E-state index contributed by atoms with van der Waals surface area (Å²) in [5.74, 6) is 0.972. The Bertz CT molecular complexity index is 1010. The van der Waals surface area contributed by atoms with Crippen molar-refractivity contribution in [1.82, 2.24) is 9.78 Å². The summed E-state index contributed by atoms with van der Waals surface area (Å²) in [6.45, 7) is 0. The summed E-state index contributed by atoms with van der Waals surface area (Å²) in [6.07, 6.45) is 0. The summed E-state index contributed by atoms with van der Waals surface area (Å²) in [4.78, 5) is 12.5. The molecule has 1 aliphatic heterocycles. The van der Waals surface area contributed by atoms with Gasteiger partial charge in [-0.05, 0) is 46.3 Å². The number of furan rings is 1. The molecule has 0 radical (unpaired) electrons. The Balaban J connectivity index is 1.77. The lowest BCUT2D eigenvalue weighted by molar-refractivity contribution is 0.0994. The number of anilines is 1. The third-order valence-electron chi connectivity index (χ3n) is 3.75. The molecule has 0 unspecified atom stereocenters. The summed E-state index contributed by atoms with van der Waals surface area (Å²) in [5.41, 5.74) is 2.20. The first kappa shape index (κ1) is 16.6. The van der Waals surface area contributed by atoms with Crippen molar-refractivity contribution in [3.63, 3.8) is 0 Å². The van der Waals surface area contributed by atoms with Crippen LogP contribution in [-0.4, -0.2) is 19.9 Å². The number of hydrogen-bond acceptors (Lipinski definition) is 4. The molecule has 0 saturated carbocycles. The molecule has 1 aliphatic rings. The zero-order valence-corrected chi connectivity index (χ0v) is 15.8. The van der Waals surface area contributed by atoms with Gasteiger partial charge in [0.25, 0.3) is 5.91 Å². The molecule has 0 saturated heterocycles. The fourth-order valence-electron chi connectivity index (χ4n) is 2.66. The zero-order valence-electron chi connectivity index (χ0n) is 12.7. The molecule has 1 N–H and O–H groups in total. The number of fused-ring (bicyclic) bond motifs is 1. The number of carbonyl (C=O) groups excluding carboxylic acids is 1. The van der Waals surface area contributed by atoms with Gasteiger partial charge in [-0.3, -0.25) is 9.00 Å². The number of rotatable bonds is 3. The number of nitrogens with one attached hydrogen (secondary N) is 1. The molecule has 0 fully saturated rings. The van der Waals surface area contributed by atoms with Crippen LogP contribution in [0.5, 0.6) is 0 Å². The SMILES string of the molecule is O=C(Nc1c2c(nn1-c1cccc(Cl)c1)C[S@@](=O)C2)c1ccc(Br)o1. The maximum absolute atomic E-state index is 12.5. The summed E-state index contributed by atoms with van der Waals surface area (Å²) in [6, 6.07) is 10.4. The molecule has 1 aromatic carbocycles. The minimum atomic E-state index is -1.01. The van der Waals surface area contributed by atoms with Gasteiger partial charge in [0.15, 0.2) is 10.4 Å². The van der Waals surface area contributed by atoms with Crippen LogP contribution < -0.4 is 5.32 Å². The molecule has 9 heteroatoms. The first-order valence-corrected chi connectivity index (χ1v) is 9.95. The van der Waals surface area contributed by atoms with E-state index in [2.05, 4.69) is 26.3 Å². The molecule has 3 heterocycles. The molecule has 6 nitrogen and oxygen atoms in total. The number of nitrogens with zero attached hydrogens (tertiary/aromatic N) is 2. The number of halogens is 2. The quantitative estimate of drug-likeness (QED) is 0.670. The molecule has 3 aromatic rings. The minimum Gasteiger partial charge on any atom is -0.444 e. The number of amides is 1. The highest BCUT2D eigenvalue weighted by molar-refractivity contribution is 9.10. The van der Waals surface area contributed by atoms with E-state index >= 15 is 0 Å². The average Bonchev–Trinajstić information content (AvgIpc) is 3.23. The maximum atomic E-state index is 12.5. The van der Waals surface area contributed by atoms with Crippen LogP contribution in [0.15, 0.2) is 45.5 Å². The van der Waals surface area contributed by atoms with Gasteiger partial charge in [0.2, 0.25) is 0 Å². The number of carbonyl (C=O) groups is 1. The van der Waals surface area contributed by atoms with Gasteiger partial charge in [-0.2, -0.15) is 5.10 Å². The van der Waals surface area contributed by atoms with E-state index < -0.39 is 16.7 Å². The van der Waals surface area contributed by atoms with Gasteiger partial charge in [0, 0.05) is 21.4 Å². The van der Waals surface area contributed by atoms with Gasteiger partial charge < -0.3 is 9.73 Å². The molecule has 1 atom stereocenters. The Morgan fingerprint density at radius 2 is 2.16 bits per heavy atom. The Kier molecular flexibility index (Phi) is 4.26. The number of benzene rings is 1. The van der Waals surface area contributed by atoms with Gasteiger partial charge >= 0.3 is 0 Å². The third kappa shape index (κ3) is 3.17. The first-order valence-electron chi connectivity index (χ1n) is 7.29. The van der Waals surface area contributed by atoms with E-state index in [0.717, 1.165) is 5.56 Å². The van der Waals surface area contributed by atoms with E-state index in [1.807, 2.05) is 6.07 Å². The van der Waals surface area contributed by atoms with Crippen LogP contribution in [0.25, 0.3) is 5.69 Å². The smallest absolute Gasteiger partial charge is 0.292 e. The maximum Gasteiger partial charge on any atom is 0.292 e. The van der Waals surface area contributed by atoms with Crippen molar-refractivity contribution < 1.29 is 13.4 Å². The van der Waals surface area contributed by atoms with Crippen molar-refractivity contribution in [3.8, 4) is 5.69 Å². The fraction of sp³-hybridized carbons (Fsp3) is 0.125. The second kappa shape index (κ2) is 6.44. The van der Waals surface area contributed by atoms with E-state index in [-0.39, 0.29) is 5.76 Å². The predicted octanol–water partition coefficient (Wildman–Crippen LogP) is 3.90. The van der Waals surface area contributed by atoms with Gasteiger partial charge in [-0.15, -0.1) is 0 Å². The molecule has 2 aromatic heterocycles. The molecule has 1 amide bonds. The van der Waals surface area contributed by atoms with E-state index in [0.29, 0.717) is 38.4 Å². The van der Waals surface area contributed by atoms with Gasteiger partial charge in [0.05, 0.1) is 22.9 Å². The largest absolute Gasteiger partial charge is 0.444 e. The lowest BCUT2D eigenvalue weighted by Gasteiger charge is -2.10. The van der Waals surface area contributed by atoms with Crippen molar-refractivity contribution >= 4 is 50.1 Å². The van der Waals surface area contributed by atoms with E-state index in [9.17, 15) is 9.00 Å². The number of aromatic nitrogens is 2. The van der Waals surface area contributed by atoms with Gasteiger partial charge in [-0.25, -0.2) is 4.68 Å². The molecular weight excluding hydrogens is 430 g/mol. The molecule has 0 aliphatic carbocycles. The minimum absolute atomic E-state index is 0.165. The highest BCUT2D eigenvalue weighted by Crippen LogP contribution is 2.32. The monoisotopic (exact) mass is 439 g/mol. The van der Waals surface area contributed by atoms with Crippen LogP contribution in [0.4, 0.5) is 5.82 Å². The molecule has 25 heavy (non-hydrogen) atoms. The van der Waals surface area contributed by atoms with Crippen LogP contribution >= 0.6 is 27.5 Å². The molecular formula is C16H11BrClN3O3S. The lowest BCUT2D eigenvalue weighted by atomic mass is 10.2. The number of hydrogen-bond donors (Lipinski definition) is 1. The Morgan fingerprint density at radius 1 is 1.32 bits per heavy atom. The van der Waals surface area contributed by atoms with E-state index in [1.54, 1.807) is 35.0 Å². The van der Waals surface area contributed by atoms with Gasteiger partial charge in [0.1, 0.15) is 5.82 Å². The molecule has 128 valence electrons. The highest BCUT2D eigenvalue weighted by atomic mass is 79.9. The second-order valence-corrected chi connectivity index (χ2v) is 8.13. The highest BCUT2D eigenvalue weighted by Gasteiger charge is 2.29. The van der Waals surface area contributed by atoms with Crippen LogP contribution in [0.3, 0.4) is 0 Å². The third-order valence-corrected chi connectivity index (χ3v) is 5.62. The Morgan fingerprint density at radius 3 is 2.88 bits per heavy atom. The lowest BCUT2D eigenvalue weighted by Crippen LogP contribution is -2.16. The zero-order chi connectivity index (χ0) is 17.6. The molecule has 4 rings (SSSR count). The fourth-order valence-corrected chi connectivity index (χ4v) is 4.41. The van der Waals surface area contributed by atoms with Crippen LogP contribution in [0.2, 0.25) is 5.02 Å². The van der Waals surface area contributed by atoms with Crippen LogP contribution in [0.1, 0.15) is 21.8 Å². The van der Waals surface area contributed by atoms with Crippen molar-refractivity contribution in [2.24, 2.45) is 0 Å². The second-order valence-electron chi connectivity index (χ2n) is 5.45. The van der Waals surface area contributed by atoms with Gasteiger partial charge in [-0.1, -0.05) is 17.7 Å². The topological polar surface area (TPSA) is 77.1 Å². The van der Waals surface area contributed by atoms with Crippen molar-refractivity contribution in [3.05, 3.63) is 63.1 Å². The summed E-state index contributed by atoms with van der Waals surface area (Å²) >= 11 is 9.25. The summed E-state index contributed by atoms with van der Waals surface area (Å²) < 4.78 is 19.2. The Labute approximate surface area is 158 Å². The standard InChI is InChI=1S/C16H11BrClN3O3S/c17-14-5-4-13(24-14)16(22)19-15-11-7-25(23)8-12(11)20-21(15)10-3-1-2-9(18)6-10/h1-6H,7-8H2,(H,19,22)/t25-/m0/s1. The van der Waals surface area contributed by atoms with Crippen molar-refractivity contribution in [2.75, 3.05) is 5.32 Å². The predicted molar refractivity (Wildman–Crippen MR) is 98.5 cm³/mol. The van der Waals surface area contributed by atoms with Crippen LogP contribution in [0, 0.1) is 0 Å². The summed E-state index contributed by atoms with van der Waals surface area (Å²) in [7, 11) is -1.01. The Hall–Kier alpha value is -1.90. The average molecular weight is 441 g/mol. The van der Waals surface area contributed by atoms with E-state index in [4.69, 9.17) is 16.0 Å². The van der Waals surface area contributed by atoms with Crippen molar-refractivity contribution in [2.45, 2.75) is 11.5 Å². The molecule has 0 spiro atoms. The first-order chi connectivity index (χ1) is 12.0. The summed E-state index contributed by atoms with van der Waals surface area (Å²) in [5, 5.41) is 7.90.